The predicted molar refractivity (Wildman–Crippen MR) is 82.3 cm³/mol. The number of hydrogen-bond donors (Lipinski definition) is 0. The molecule has 0 saturated carbocycles. The van der Waals surface area contributed by atoms with Crippen LogP contribution < -0.4 is 0 Å². The summed E-state index contributed by atoms with van der Waals surface area (Å²) in [5, 5.41) is 0.00281. The highest BCUT2D eigenvalue weighted by Gasteiger charge is 2.26. The van der Waals surface area contributed by atoms with Gasteiger partial charge in [-0.2, -0.15) is 0 Å². The van der Waals surface area contributed by atoms with Gasteiger partial charge in [0, 0.05) is 4.83 Å². The number of allylic oxidation sites excluding steroid dienone is 2. The molecule has 0 amide bonds. The third-order valence-electron chi connectivity index (χ3n) is 3.03. The molecule has 0 aromatic carbocycles. The maximum Gasteiger partial charge on any atom is 0.0780 e. The van der Waals surface area contributed by atoms with E-state index < -0.39 is 0 Å². The normalized spacial score (nSPS) is 30.7. The molecule has 0 aliphatic carbocycles. The summed E-state index contributed by atoms with van der Waals surface area (Å²) in [6.45, 7) is 2.15. The molecule has 0 spiro atoms. The first kappa shape index (κ1) is 15.8. The van der Waals surface area contributed by atoms with Crippen LogP contribution in [0.15, 0.2) is 24.3 Å². The van der Waals surface area contributed by atoms with E-state index in [0.717, 1.165) is 25.7 Å². The van der Waals surface area contributed by atoms with Crippen LogP contribution in [-0.4, -0.2) is 22.4 Å². The van der Waals surface area contributed by atoms with E-state index in [0.29, 0.717) is 4.83 Å². The van der Waals surface area contributed by atoms with Gasteiger partial charge in [0.25, 0.3) is 0 Å². The number of halogens is 2. The van der Waals surface area contributed by atoms with Crippen molar-refractivity contribution >= 4 is 27.5 Å². The van der Waals surface area contributed by atoms with Crippen LogP contribution in [0.4, 0.5) is 0 Å². The first-order valence-corrected chi connectivity index (χ1v) is 7.74. The monoisotopic (exact) mass is 330 g/mol. The Morgan fingerprint density at radius 2 is 2.28 bits per heavy atom. The minimum Gasteiger partial charge on any atom is -0.372 e. The van der Waals surface area contributed by atoms with E-state index in [1.165, 1.54) is 0 Å². The lowest BCUT2D eigenvalue weighted by Gasteiger charge is -2.30. The summed E-state index contributed by atoms with van der Waals surface area (Å²) in [7, 11) is 0. The Labute approximate surface area is 124 Å². The lowest BCUT2D eigenvalue weighted by Crippen LogP contribution is -2.34. The summed E-state index contributed by atoms with van der Waals surface area (Å²) >= 11 is 10.1. The molecule has 0 N–H and O–H groups in total. The molecule has 1 rings (SSSR count). The quantitative estimate of drug-likeness (QED) is 0.420. The number of rotatable bonds is 4. The van der Waals surface area contributed by atoms with Crippen LogP contribution in [0, 0.1) is 12.3 Å². The van der Waals surface area contributed by atoms with Crippen LogP contribution in [0.5, 0.6) is 0 Å². The van der Waals surface area contributed by atoms with E-state index in [9.17, 15) is 0 Å². The molecule has 0 radical (unpaired) electrons. The van der Waals surface area contributed by atoms with Gasteiger partial charge in [0.05, 0.1) is 17.6 Å². The summed E-state index contributed by atoms with van der Waals surface area (Å²) in [5.74, 6) is 2.49. The molecule has 0 saturated heterocycles. The molecule has 0 aromatic heterocycles. The van der Waals surface area contributed by atoms with Crippen molar-refractivity contribution in [2.75, 3.05) is 0 Å². The molecule has 1 aliphatic rings. The zero-order valence-corrected chi connectivity index (χ0v) is 13.0. The molecule has 0 aromatic rings. The van der Waals surface area contributed by atoms with Crippen LogP contribution >= 0.6 is 27.5 Å². The molecule has 1 heterocycles. The Morgan fingerprint density at radius 1 is 1.56 bits per heavy atom. The summed E-state index contributed by atoms with van der Waals surface area (Å²) in [6, 6.07) is 0. The first-order valence-electron chi connectivity index (χ1n) is 6.38. The molecule has 0 fully saturated rings. The van der Waals surface area contributed by atoms with Crippen molar-refractivity contribution in [3.63, 3.8) is 0 Å². The Kier molecular flexibility index (Phi) is 7.74. The van der Waals surface area contributed by atoms with Crippen molar-refractivity contribution in [1.29, 1.82) is 0 Å². The van der Waals surface area contributed by atoms with E-state index >= 15 is 0 Å². The molecule has 100 valence electrons. The maximum atomic E-state index is 6.37. The van der Waals surface area contributed by atoms with E-state index in [1.807, 2.05) is 6.08 Å². The lowest BCUT2D eigenvalue weighted by molar-refractivity contribution is -0.0122. The van der Waals surface area contributed by atoms with Crippen molar-refractivity contribution in [3.8, 4) is 12.3 Å². The number of alkyl halides is 2. The van der Waals surface area contributed by atoms with Gasteiger partial charge in [-0.1, -0.05) is 47.0 Å². The summed E-state index contributed by atoms with van der Waals surface area (Å²) in [4.78, 5) is 0.364. The minimum absolute atomic E-state index is 0.00281. The second-order valence-electron chi connectivity index (χ2n) is 4.40. The van der Waals surface area contributed by atoms with Crippen LogP contribution in [0.2, 0.25) is 0 Å². The fraction of sp³-hybridized carbons (Fsp3) is 0.600. The SMILES string of the molecule is C#CC=CCC1OC(C(Br)CC)CC=CCC1Cl. The minimum atomic E-state index is 0.00281. The van der Waals surface area contributed by atoms with Gasteiger partial charge in [-0.25, -0.2) is 0 Å². The second kappa shape index (κ2) is 8.80. The molecule has 18 heavy (non-hydrogen) atoms. The van der Waals surface area contributed by atoms with Crippen LogP contribution in [0.3, 0.4) is 0 Å². The average molecular weight is 332 g/mol. The predicted octanol–water partition coefficient (Wildman–Crippen LogP) is 4.45. The van der Waals surface area contributed by atoms with E-state index in [2.05, 4.69) is 40.9 Å². The highest BCUT2D eigenvalue weighted by Crippen LogP contribution is 2.26. The van der Waals surface area contributed by atoms with Gasteiger partial charge in [0.1, 0.15) is 0 Å². The third-order valence-corrected chi connectivity index (χ3v) is 4.72. The van der Waals surface area contributed by atoms with Crippen molar-refractivity contribution in [2.45, 2.75) is 55.0 Å². The van der Waals surface area contributed by atoms with Gasteiger partial charge >= 0.3 is 0 Å². The highest BCUT2D eigenvalue weighted by molar-refractivity contribution is 9.09. The van der Waals surface area contributed by atoms with Gasteiger partial charge in [0.15, 0.2) is 0 Å². The van der Waals surface area contributed by atoms with Crippen LogP contribution in [-0.2, 0) is 4.74 Å². The fourth-order valence-corrected chi connectivity index (χ4v) is 2.55. The van der Waals surface area contributed by atoms with Crippen LogP contribution in [0.25, 0.3) is 0 Å². The third kappa shape index (κ3) is 5.18. The van der Waals surface area contributed by atoms with E-state index in [4.69, 9.17) is 22.8 Å². The molecule has 1 nitrogen and oxygen atoms in total. The smallest absolute Gasteiger partial charge is 0.0780 e. The number of terminal acetylenes is 1. The molecular formula is C15H20BrClO. The molecule has 3 heteroatoms. The van der Waals surface area contributed by atoms with Crippen molar-refractivity contribution in [2.24, 2.45) is 0 Å². The van der Waals surface area contributed by atoms with Crippen molar-refractivity contribution in [1.82, 2.24) is 0 Å². The second-order valence-corrected chi connectivity index (χ2v) is 6.14. The van der Waals surface area contributed by atoms with Crippen molar-refractivity contribution in [3.05, 3.63) is 24.3 Å². The Hall–Kier alpha value is -0.230. The van der Waals surface area contributed by atoms with Crippen molar-refractivity contribution < 1.29 is 4.74 Å². The van der Waals surface area contributed by atoms with Gasteiger partial charge in [0.2, 0.25) is 0 Å². The molecule has 4 atom stereocenters. The summed E-state index contributed by atoms with van der Waals surface area (Å²) < 4.78 is 6.15. The Balaban J connectivity index is 2.69. The Bertz CT molecular complexity index is 332. The van der Waals surface area contributed by atoms with Gasteiger partial charge in [-0.05, 0) is 31.8 Å². The molecule has 4 unspecified atom stereocenters. The summed E-state index contributed by atoms with van der Waals surface area (Å²) in [6.07, 6.45) is 17.0. The van der Waals surface area contributed by atoms with Gasteiger partial charge in [-0.3, -0.25) is 0 Å². The van der Waals surface area contributed by atoms with Gasteiger partial charge in [-0.15, -0.1) is 18.0 Å². The lowest BCUT2D eigenvalue weighted by atomic mass is 10.0. The zero-order chi connectivity index (χ0) is 13.4. The largest absolute Gasteiger partial charge is 0.372 e. The zero-order valence-electron chi connectivity index (χ0n) is 10.7. The van der Waals surface area contributed by atoms with Gasteiger partial charge < -0.3 is 4.74 Å². The summed E-state index contributed by atoms with van der Waals surface area (Å²) in [5.41, 5.74) is 0. The molecule has 0 bridgehead atoms. The van der Waals surface area contributed by atoms with E-state index in [1.54, 1.807) is 6.08 Å². The van der Waals surface area contributed by atoms with E-state index in [-0.39, 0.29) is 17.6 Å². The average Bonchev–Trinajstić information content (AvgIpc) is 2.37. The fourth-order valence-electron chi connectivity index (χ4n) is 1.94. The molecular weight excluding hydrogens is 312 g/mol. The standard InChI is InChI=1S/C15H20BrClO/c1-3-5-6-11-15-13(17)9-7-8-10-14(18-15)12(16)4-2/h1,5-8,12-15H,4,9-11H2,2H3. The molecule has 1 aliphatic heterocycles. The Morgan fingerprint density at radius 3 is 2.94 bits per heavy atom. The maximum absolute atomic E-state index is 6.37. The number of ether oxygens (including phenoxy) is 1. The van der Waals surface area contributed by atoms with Crippen LogP contribution in [0.1, 0.15) is 32.6 Å². The number of hydrogen-bond acceptors (Lipinski definition) is 1. The topological polar surface area (TPSA) is 9.23 Å². The first-order chi connectivity index (χ1) is 8.69. The highest BCUT2D eigenvalue weighted by atomic mass is 79.9.